The normalized spacial score (nSPS) is 11.7. The number of rotatable bonds is 4. The molecular weight excluding hydrogens is 367 g/mol. The van der Waals surface area contributed by atoms with Crippen LogP contribution in [0.15, 0.2) is 77.7 Å². The number of nitrogens with one attached hydrogen (secondary N) is 2. The van der Waals surface area contributed by atoms with Crippen molar-refractivity contribution in [1.29, 1.82) is 0 Å². The first-order valence-corrected chi connectivity index (χ1v) is 10.1. The zero-order valence-electron chi connectivity index (χ0n) is 16.2. The van der Waals surface area contributed by atoms with Crippen LogP contribution in [-0.4, -0.2) is 4.98 Å². The second-order valence-corrected chi connectivity index (χ2v) is 8.85. The number of halogens is 1. The number of benzene rings is 3. The first kappa shape index (κ1) is 18.6. The number of hydrogen-bond donors (Lipinski definition) is 2. The summed E-state index contributed by atoms with van der Waals surface area (Å²) in [5.74, 6) is -0.217. The quantitative estimate of drug-likeness (QED) is 0.356. The number of hydrogen-bond acceptors (Lipinski definition) is 2. The Morgan fingerprint density at radius 3 is 2.39 bits per heavy atom. The highest BCUT2D eigenvalue weighted by molar-refractivity contribution is 8.00. The summed E-state index contributed by atoms with van der Waals surface area (Å²) in [4.78, 5) is 4.61. The van der Waals surface area contributed by atoms with Crippen LogP contribution in [0.4, 0.5) is 10.1 Å². The number of aromatic amines is 1. The second kappa shape index (κ2) is 7.36. The maximum Gasteiger partial charge on any atom is 0.123 e. The summed E-state index contributed by atoms with van der Waals surface area (Å²) in [5.41, 5.74) is 5.62. The number of anilines is 1. The maximum atomic E-state index is 13.2. The lowest BCUT2D eigenvalue weighted by atomic mass is 9.92. The van der Waals surface area contributed by atoms with Crippen LogP contribution in [0.2, 0.25) is 0 Å². The predicted molar refractivity (Wildman–Crippen MR) is 118 cm³/mol. The molecule has 1 heterocycles. The van der Waals surface area contributed by atoms with Crippen molar-refractivity contribution in [2.24, 2.45) is 0 Å². The molecule has 2 nitrogen and oxygen atoms in total. The summed E-state index contributed by atoms with van der Waals surface area (Å²) in [6.45, 7) is 6.63. The van der Waals surface area contributed by atoms with Crippen molar-refractivity contribution in [2.75, 3.05) is 4.72 Å². The van der Waals surface area contributed by atoms with Crippen molar-refractivity contribution in [3.8, 4) is 11.1 Å². The zero-order chi connectivity index (χ0) is 19.7. The van der Waals surface area contributed by atoms with Crippen LogP contribution in [0.1, 0.15) is 26.5 Å². The Balaban J connectivity index is 1.51. The van der Waals surface area contributed by atoms with Crippen LogP contribution in [0.25, 0.3) is 22.0 Å². The van der Waals surface area contributed by atoms with Gasteiger partial charge in [0, 0.05) is 32.6 Å². The highest BCUT2D eigenvalue weighted by atomic mass is 32.2. The Morgan fingerprint density at radius 1 is 0.857 bits per heavy atom. The van der Waals surface area contributed by atoms with Crippen molar-refractivity contribution < 1.29 is 4.39 Å². The molecule has 0 aliphatic heterocycles. The minimum atomic E-state index is -0.217. The SMILES string of the molecule is CC(C)(C)c1cc2cc(NSc3cccc(-c4ccc(F)cc4)c3)ccc2[nH]1. The van der Waals surface area contributed by atoms with Gasteiger partial charge in [0.05, 0.1) is 0 Å². The van der Waals surface area contributed by atoms with Gasteiger partial charge >= 0.3 is 0 Å². The highest BCUT2D eigenvalue weighted by Crippen LogP contribution is 2.30. The van der Waals surface area contributed by atoms with Gasteiger partial charge in [0.1, 0.15) is 5.82 Å². The molecule has 1 aromatic heterocycles. The van der Waals surface area contributed by atoms with Crippen LogP contribution >= 0.6 is 11.9 Å². The number of H-pyrrole nitrogens is 1. The standard InChI is InChI=1S/C24H23FN2S/c1-24(2,3)23-15-18-13-20(11-12-22(18)26-23)27-28-21-6-4-5-17(14-21)16-7-9-19(25)10-8-16/h4-15,26-27H,1-3H3. The van der Waals surface area contributed by atoms with E-state index in [1.807, 2.05) is 12.1 Å². The van der Waals surface area contributed by atoms with E-state index in [2.05, 4.69) is 66.9 Å². The molecule has 0 fully saturated rings. The molecule has 0 unspecified atom stereocenters. The molecule has 4 aromatic rings. The molecule has 0 spiro atoms. The average molecular weight is 391 g/mol. The van der Waals surface area contributed by atoms with Crippen molar-refractivity contribution >= 4 is 28.5 Å². The molecule has 0 radical (unpaired) electrons. The van der Waals surface area contributed by atoms with E-state index < -0.39 is 0 Å². The fourth-order valence-corrected chi connectivity index (χ4v) is 3.79. The van der Waals surface area contributed by atoms with Gasteiger partial charge in [0.15, 0.2) is 0 Å². The Bertz CT molecular complexity index is 1110. The van der Waals surface area contributed by atoms with Crippen molar-refractivity contribution in [3.05, 3.63) is 84.3 Å². The highest BCUT2D eigenvalue weighted by Gasteiger charge is 2.16. The summed E-state index contributed by atoms with van der Waals surface area (Å²) < 4.78 is 16.6. The molecule has 4 heteroatoms. The monoisotopic (exact) mass is 390 g/mol. The molecule has 0 atom stereocenters. The summed E-state index contributed by atoms with van der Waals surface area (Å²) in [6.07, 6.45) is 0. The van der Waals surface area contributed by atoms with Gasteiger partial charge in [-0.25, -0.2) is 4.39 Å². The van der Waals surface area contributed by atoms with Crippen LogP contribution in [0.3, 0.4) is 0 Å². The van der Waals surface area contributed by atoms with E-state index in [4.69, 9.17) is 0 Å². The van der Waals surface area contributed by atoms with Crippen LogP contribution < -0.4 is 4.72 Å². The molecule has 3 aromatic carbocycles. The lowest BCUT2D eigenvalue weighted by Crippen LogP contribution is -2.10. The largest absolute Gasteiger partial charge is 0.358 e. The Morgan fingerprint density at radius 2 is 1.64 bits per heavy atom. The maximum absolute atomic E-state index is 13.2. The van der Waals surface area contributed by atoms with Gasteiger partial charge in [-0.1, -0.05) is 45.0 Å². The minimum absolute atomic E-state index is 0.0994. The topological polar surface area (TPSA) is 27.8 Å². The van der Waals surface area contributed by atoms with E-state index >= 15 is 0 Å². The Kier molecular flexibility index (Phi) is 4.90. The third-order valence-corrected chi connectivity index (χ3v) is 5.55. The van der Waals surface area contributed by atoms with E-state index in [1.165, 1.54) is 23.2 Å². The molecule has 0 aliphatic carbocycles. The van der Waals surface area contributed by atoms with Crippen molar-refractivity contribution in [3.63, 3.8) is 0 Å². The fourth-order valence-electron chi connectivity index (χ4n) is 3.10. The molecule has 2 N–H and O–H groups in total. The third kappa shape index (κ3) is 4.07. The summed E-state index contributed by atoms with van der Waals surface area (Å²) in [7, 11) is 0. The molecule has 0 saturated carbocycles. The summed E-state index contributed by atoms with van der Waals surface area (Å²) in [6, 6.07) is 23.4. The first-order chi connectivity index (χ1) is 13.4. The molecule has 0 aliphatic rings. The lowest BCUT2D eigenvalue weighted by Gasteiger charge is -2.15. The summed E-state index contributed by atoms with van der Waals surface area (Å²) >= 11 is 1.57. The molecular formula is C24H23FN2S. The van der Waals surface area contributed by atoms with Gasteiger partial charge in [-0.2, -0.15) is 0 Å². The van der Waals surface area contributed by atoms with Crippen LogP contribution in [0.5, 0.6) is 0 Å². The Hall–Kier alpha value is -2.72. The molecule has 28 heavy (non-hydrogen) atoms. The van der Waals surface area contributed by atoms with Crippen LogP contribution in [0, 0.1) is 5.82 Å². The lowest BCUT2D eigenvalue weighted by molar-refractivity contribution is 0.574. The van der Waals surface area contributed by atoms with Gasteiger partial charge in [-0.15, -0.1) is 0 Å². The van der Waals surface area contributed by atoms with Crippen molar-refractivity contribution in [1.82, 2.24) is 4.98 Å². The summed E-state index contributed by atoms with van der Waals surface area (Å²) in [5, 5.41) is 1.20. The first-order valence-electron chi connectivity index (χ1n) is 9.31. The van der Waals surface area contributed by atoms with Gasteiger partial charge < -0.3 is 9.71 Å². The Labute approximate surface area is 169 Å². The van der Waals surface area contributed by atoms with Gasteiger partial charge in [-0.05, 0) is 71.6 Å². The molecule has 142 valence electrons. The average Bonchev–Trinajstić information content (AvgIpc) is 3.11. The van der Waals surface area contributed by atoms with Gasteiger partial charge in [0.2, 0.25) is 0 Å². The smallest absolute Gasteiger partial charge is 0.123 e. The second-order valence-electron chi connectivity index (χ2n) is 7.97. The van der Waals surface area contributed by atoms with Gasteiger partial charge in [-0.3, -0.25) is 0 Å². The zero-order valence-corrected chi connectivity index (χ0v) is 17.0. The van der Waals surface area contributed by atoms with E-state index in [0.29, 0.717) is 0 Å². The molecule has 4 rings (SSSR count). The number of aromatic nitrogens is 1. The van der Waals surface area contributed by atoms with Gasteiger partial charge in [0.25, 0.3) is 0 Å². The fraction of sp³-hybridized carbons (Fsp3) is 0.167. The van der Waals surface area contributed by atoms with Crippen LogP contribution in [-0.2, 0) is 5.41 Å². The van der Waals surface area contributed by atoms with E-state index in [0.717, 1.165) is 27.2 Å². The molecule has 0 amide bonds. The van der Waals surface area contributed by atoms with E-state index in [-0.39, 0.29) is 11.2 Å². The van der Waals surface area contributed by atoms with Crippen molar-refractivity contribution in [2.45, 2.75) is 31.1 Å². The molecule has 0 saturated heterocycles. The molecule has 0 bridgehead atoms. The number of fused-ring (bicyclic) bond motifs is 1. The van der Waals surface area contributed by atoms with E-state index in [1.54, 1.807) is 24.1 Å². The third-order valence-electron chi connectivity index (χ3n) is 4.73. The minimum Gasteiger partial charge on any atom is -0.358 e. The van der Waals surface area contributed by atoms with E-state index in [9.17, 15) is 4.39 Å². The predicted octanol–water partition coefficient (Wildman–Crippen LogP) is 7.39.